The molecule has 5 heteroatoms. The van der Waals surface area contributed by atoms with Gasteiger partial charge >= 0.3 is 0 Å². The van der Waals surface area contributed by atoms with Crippen molar-refractivity contribution in [3.05, 3.63) is 54.0 Å². The van der Waals surface area contributed by atoms with E-state index in [1.165, 1.54) is 0 Å². The molecule has 1 N–H and O–H groups in total. The molecule has 0 amide bonds. The van der Waals surface area contributed by atoms with E-state index in [1.807, 2.05) is 30.3 Å². The minimum absolute atomic E-state index is 0.665. The average molecular weight is 240 g/mol. The summed E-state index contributed by atoms with van der Waals surface area (Å²) < 4.78 is 1.57. The van der Waals surface area contributed by atoms with E-state index in [9.17, 15) is 5.11 Å². The summed E-state index contributed by atoms with van der Waals surface area (Å²) in [7, 11) is 1.76. The monoisotopic (exact) mass is 240 g/mol. The van der Waals surface area contributed by atoms with Crippen molar-refractivity contribution in [2.75, 3.05) is 0 Å². The number of aryl methyl sites for hydroxylation is 1. The van der Waals surface area contributed by atoms with Crippen LogP contribution in [0, 0.1) is 0 Å². The molecule has 1 aromatic carbocycles. The highest BCUT2D eigenvalue weighted by molar-refractivity contribution is 5.79. The van der Waals surface area contributed by atoms with Crippen LogP contribution in [0.3, 0.4) is 0 Å². The van der Waals surface area contributed by atoms with Gasteiger partial charge in [0.15, 0.2) is 0 Å². The molecule has 0 radical (unpaired) electrons. The van der Waals surface area contributed by atoms with Gasteiger partial charge in [-0.3, -0.25) is 4.98 Å². The Bertz CT molecular complexity index is 692. The molecule has 0 bridgehead atoms. The highest BCUT2D eigenvalue weighted by Gasteiger charge is 2.15. The molecule has 0 saturated carbocycles. The summed E-state index contributed by atoms with van der Waals surface area (Å²) in [6, 6.07) is 9.55. The maximum atomic E-state index is 10.3. The standard InChI is InChI=1S/C13H12N4O/c1-17-12(8-15-16-17)13(18)10-4-5-11-9(7-10)3-2-6-14-11/h2-8,13,18H,1H3. The number of hydrogen-bond acceptors (Lipinski definition) is 4. The van der Waals surface area contributed by atoms with E-state index in [0.717, 1.165) is 16.5 Å². The summed E-state index contributed by atoms with van der Waals surface area (Å²) in [6.45, 7) is 0. The van der Waals surface area contributed by atoms with Gasteiger partial charge in [-0.15, -0.1) is 5.10 Å². The van der Waals surface area contributed by atoms with Crippen LogP contribution >= 0.6 is 0 Å². The summed E-state index contributed by atoms with van der Waals surface area (Å²) in [5.41, 5.74) is 2.38. The minimum atomic E-state index is -0.727. The first kappa shape index (κ1) is 10.9. The maximum Gasteiger partial charge on any atom is 0.122 e. The minimum Gasteiger partial charge on any atom is -0.382 e. The van der Waals surface area contributed by atoms with E-state index >= 15 is 0 Å². The predicted octanol–water partition coefficient (Wildman–Crippen LogP) is 1.44. The van der Waals surface area contributed by atoms with Crippen molar-refractivity contribution >= 4 is 10.9 Å². The Morgan fingerprint density at radius 1 is 1.28 bits per heavy atom. The lowest BCUT2D eigenvalue weighted by Crippen LogP contribution is -2.06. The van der Waals surface area contributed by atoms with Gasteiger partial charge in [0.2, 0.25) is 0 Å². The fraction of sp³-hybridized carbons (Fsp3) is 0.154. The number of benzene rings is 1. The van der Waals surface area contributed by atoms with Gasteiger partial charge in [-0.1, -0.05) is 17.3 Å². The first-order valence-electron chi connectivity index (χ1n) is 5.63. The summed E-state index contributed by atoms with van der Waals surface area (Å²) in [5.74, 6) is 0. The molecule has 0 spiro atoms. The molecule has 1 unspecified atom stereocenters. The van der Waals surface area contributed by atoms with Crippen molar-refractivity contribution < 1.29 is 5.11 Å². The lowest BCUT2D eigenvalue weighted by molar-refractivity contribution is 0.210. The van der Waals surface area contributed by atoms with Crippen molar-refractivity contribution in [3.63, 3.8) is 0 Å². The first-order chi connectivity index (χ1) is 8.75. The number of aromatic nitrogens is 4. The largest absolute Gasteiger partial charge is 0.382 e. The zero-order valence-corrected chi connectivity index (χ0v) is 9.85. The SMILES string of the molecule is Cn1nncc1C(O)c1ccc2ncccc2c1. The zero-order chi connectivity index (χ0) is 12.5. The molecule has 0 saturated heterocycles. The number of nitrogens with zero attached hydrogens (tertiary/aromatic N) is 4. The van der Waals surface area contributed by atoms with E-state index in [0.29, 0.717) is 5.69 Å². The fourth-order valence-electron chi connectivity index (χ4n) is 1.98. The van der Waals surface area contributed by atoms with Crippen LogP contribution in [0.4, 0.5) is 0 Å². The quantitative estimate of drug-likeness (QED) is 0.736. The van der Waals surface area contributed by atoms with Crippen LogP contribution in [0.15, 0.2) is 42.7 Å². The van der Waals surface area contributed by atoms with Crippen molar-refractivity contribution in [2.45, 2.75) is 6.10 Å². The third-order valence-electron chi connectivity index (χ3n) is 2.97. The van der Waals surface area contributed by atoms with Crippen LogP contribution in [-0.2, 0) is 7.05 Å². The topological polar surface area (TPSA) is 63.8 Å². The van der Waals surface area contributed by atoms with Crippen molar-refractivity contribution in [3.8, 4) is 0 Å². The van der Waals surface area contributed by atoms with E-state index in [-0.39, 0.29) is 0 Å². The lowest BCUT2D eigenvalue weighted by atomic mass is 10.0. The van der Waals surface area contributed by atoms with Gasteiger partial charge in [-0.2, -0.15) is 0 Å². The molecule has 0 aliphatic rings. The highest BCUT2D eigenvalue weighted by Crippen LogP contribution is 2.23. The van der Waals surface area contributed by atoms with Gasteiger partial charge < -0.3 is 5.11 Å². The van der Waals surface area contributed by atoms with E-state index in [1.54, 1.807) is 24.1 Å². The summed E-state index contributed by atoms with van der Waals surface area (Å²) in [6.07, 6.45) is 2.59. The molecule has 1 atom stereocenters. The Morgan fingerprint density at radius 3 is 2.94 bits per heavy atom. The average Bonchev–Trinajstić information content (AvgIpc) is 2.83. The number of rotatable bonds is 2. The van der Waals surface area contributed by atoms with Gasteiger partial charge in [-0.25, -0.2) is 4.68 Å². The van der Waals surface area contributed by atoms with Crippen molar-refractivity contribution in [1.29, 1.82) is 0 Å². The van der Waals surface area contributed by atoms with Crippen molar-refractivity contribution in [1.82, 2.24) is 20.0 Å². The Hall–Kier alpha value is -2.27. The number of aliphatic hydroxyl groups is 1. The second-order valence-electron chi connectivity index (χ2n) is 4.14. The van der Waals surface area contributed by atoms with E-state index in [4.69, 9.17) is 0 Å². The molecule has 0 aliphatic heterocycles. The third kappa shape index (κ3) is 1.74. The van der Waals surface area contributed by atoms with Crippen LogP contribution in [0.1, 0.15) is 17.4 Å². The first-order valence-corrected chi connectivity index (χ1v) is 5.63. The summed E-state index contributed by atoms with van der Waals surface area (Å²) in [4.78, 5) is 4.25. The van der Waals surface area contributed by atoms with Gasteiger partial charge in [0.25, 0.3) is 0 Å². The van der Waals surface area contributed by atoms with Crippen LogP contribution < -0.4 is 0 Å². The van der Waals surface area contributed by atoms with Gasteiger partial charge in [0.1, 0.15) is 6.10 Å². The predicted molar refractivity (Wildman–Crippen MR) is 66.8 cm³/mol. The lowest BCUT2D eigenvalue weighted by Gasteiger charge is -2.11. The number of fused-ring (bicyclic) bond motifs is 1. The summed E-state index contributed by atoms with van der Waals surface area (Å²) in [5, 5.41) is 18.9. The van der Waals surface area contributed by atoms with E-state index < -0.39 is 6.10 Å². The molecular formula is C13H12N4O. The van der Waals surface area contributed by atoms with E-state index in [2.05, 4.69) is 15.3 Å². The van der Waals surface area contributed by atoms with Crippen LogP contribution in [-0.4, -0.2) is 25.1 Å². The Balaban J connectivity index is 2.07. The number of hydrogen-bond donors (Lipinski definition) is 1. The Morgan fingerprint density at radius 2 is 2.17 bits per heavy atom. The smallest absolute Gasteiger partial charge is 0.122 e. The Kier molecular flexibility index (Phi) is 2.53. The van der Waals surface area contributed by atoms with Gasteiger partial charge in [-0.05, 0) is 23.8 Å². The number of aliphatic hydroxyl groups excluding tert-OH is 1. The molecule has 3 rings (SSSR count). The Labute approximate surface area is 104 Å². The molecular weight excluding hydrogens is 228 g/mol. The van der Waals surface area contributed by atoms with Gasteiger partial charge in [0.05, 0.1) is 17.4 Å². The normalized spacial score (nSPS) is 12.8. The molecule has 0 aliphatic carbocycles. The molecule has 3 aromatic rings. The third-order valence-corrected chi connectivity index (χ3v) is 2.97. The molecule has 0 fully saturated rings. The van der Waals surface area contributed by atoms with Crippen LogP contribution in [0.25, 0.3) is 10.9 Å². The molecule has 2 heterocycles. The molecule has 2 aromatic heterocycles. The van der Waals surface area contributed by atoms with Crippen LogP contribution in [0.5, 0.6) is 0 Å². The second kappa shape index (κ2) is 4.19. The van der Waals surface area contributed by atoms with Crippen molar-refractivity contribution in [2.24, 2.45) is 7.05 Å². The zero-order valence-electron chi connectivity index (χ0n) is 9.85. The molecule has 18 heavy (non-hydrogen) atoms. The highest BCUT2D eigenvalue weighted by atomic mass is 16.3. The number of pyridine rings is 1. The molecule has 5 nitrogen and oxygen atoms in total. The van der Waals surface area contributed by atoms with Gasteiger partial charge in [0, 0.05) is 18.6 Å². The summed E-state index contributed by atoms with van der Waals surface area (Å²) >= 11 is 0. The second-order valence-corrected chi connectivity index (χ2v) is 4.14. The fourth-order valence-corrected chi connectivity index (χ4v) is 1.98. The molecule has 90 valence electrons. The van der Waals surface area contributed by atoms with Crippen LogP contribution in [0.2, 0.25) is 0 Å². The maximum absolute atomic E-state index is 10.3.